The van der Waals surface area contributed by atoms with Gasteiger partial charge in [-0.2, -0.15) is 10.1 Å². The Labute approximate surface area is 183 Å². The smallest absolute Gasteiger partial charge is 0.229 e. The van der Waals surface area contributed by atoms with Gasteiger partial charge in [-0.25, -0.2) is 13.8 Å². The van der Waals surface area contributed by atoms with Gasteiger partial charge in [-0.05, 0) is 56.5 Å². The molecule has 4 rings (SSSR count). The zero-order chi connectivity index (χ0) is 22.9. The lowest BCUT2D eigenvalue weighted by Gasteiger charge is -2.17. The number of nitrogens with zero attached hydrogens (tertiary/aromatic N) is 3. The third kappa shape index (κ3) is 4.67. The number of fused-ring (bicyclic) bond motifs is 1. The van der Waals surface area contributed by atoms with Crippen LogP contribution in [0.1, 0.15) is 25.8 Å². The van der Waals surface area contributed by atoms with E-state index in [2.05, 4.69) is 25.5 Å². The quantitative estimate of drug-likeness (QED) is 0.385. The van der Waals surface area contributed by atoms with Gasteiger partial charge in [0.1, 0.15) is 23.1 Å². The third-order valence-corrected chi connectivity index (χ3v) is 5.04. The molecule has 0 aliphatic carbocycles. The lowest BCUT2D eigenvalue weighted by Crippen LogP contribution is -2.19. The second kappa shape index (κ2) is 8.51. The van der Waals surface area contributed by atoms with Crippen LogP contribution in [0, 0.1) is 11.6 Å². The van der Waals surface area contributed by atoms with Crippen LogP contribution in [-0.2, 0) is 6.42 Å². The van der Waals surface area contributed by atoms with Gasteiger partial charge < -0.3 is 15.2 Å². The van der Waals surface area contributed by atoms with Crippen molar-refractivity contribution in [2.24, 2.45) is 0 Å². The predicted molar refractivity (Wildman–Crippen MR) is 118 cm³/mol. The van der Waals surface area contributed by atoms with Gasteiger partial charge in [0, 0.05) is 17.8 Å². The van der Waals surface area contributed by atoms with E-state index in [0.29, 0.717) is 35.3 Å². The van der Waals surface area contributed by atoms with Crippen LogP contribution in [0.25, 0.3) is 22.3 Å². The highest BCUT2D eigenvalue weighted by Crippen LogP contribution is 2.34. The normalized spacial score (nSPS) is 11.7. The number of aromatic nitrogens is 4. The van der Waals surface area contributed by atoms with E-state index in [0.717, 1.165) is 23.3 Å². The molecule has 2 heterocycles. The number of rotatable bonds is 7. The highest BCUT2D eigenvalue weighted by Gasteiger charge is 2.18. The summed E-state index contributed by atoms with van der Waals surface area (Å²) in [6.45, 7) is 3.55. The molecular weight excluding hydrogens is 416 g/mol. The Kier molecular flexibility index (Phi) is 5.75. The molecular formula is C23H23F2N5O2. The standard InChI is InChI=1S/C23H23F2N5O2/c1-23(2,31)9-8-13-4-7-19(32-3)15(10-13)20-16-12-26-22(28-21(16)30-29-20)27-18-6-5-14(24)11-17(18)25/h4-7,10-12,31H,8-9H2,1-3H3,(H2,26,27,28,29,30). The Balaban J connectivity index is 1.66. The molecule has 0 spiro atoms. The van der Waals surface area contributed by atoms with Gasteiger partial charge in [0.05, 0.1) is 23.8 Å². The highest BCUT2D eigenvalue weighted by molar-refractivity contribution is 5.92. The molecule has 0 unspecified atom stereocenters. The summed E-state index contributed by atoms with van der Waals surface area (Å²) in [6, 6.07) is 9.00. The van der Waals surface area contributed by atoms with Crippen molar-refractivity contribution in [3.8, 4) is 17.0 Å². The molecule has 166 valence electrons. The van der Waals surface area contributed by atoms with Crippen molar-refractivity contribution in [1.82, 2.24) is 20.2 Å². The molecule has 0 aliphatic heterocycles. The van der Waals surface area contributed by atoms with Crippen LogP contribution >= 0.6 is 0 Å². The molecule has 2 aromatic heterocycles. The first-order valence-corrected chi connectivity index (χ1v) is 10.1. The van der Waals surface area contributed by atoms with Crippen LogP contribution < -0.4 is 10.1 Å². The van der Waals surface area contributed by atoms with Gasteiger partial charge >= 0.3 is 0 Å². The SMILES string of the molecule is COc1ccc(CCC(C)(C)O)cc1-c1n[nH]c2nc(Nc3ccc(F)cc3F)ncc12. The van der Waals surface area contributed by atoms with Gasteiger partial charge in [-0.3, -0.25) is 5.10 Å². The molecule has 0 atom stereocenters. The number of halogens is 2. The minimum atomic E-state index is -0.764. The molecule has 32 heavy (non-hydrogen) atoms. The average Bonchev–Trinajstić information content (AvgIpc) is 3.16. The number of hydrogen-bond donors (Lipinski definition) is 3. The van der Waals surface area contributed by atoms with Crippen LogP contribution in [-0.4, -0.2) is 38.0 Å². The number of aryl methyl sites for hydroxylation is 1. The Morgan fingerprint density at radius 3 is 2.69 bits per heavy atom. The zero-order valence-corrected chi connectivity index (χ0v) is 17.9. The van der Waals surface area contributed by atoms with Gasteiger partial charge in [0.2, 0.25) is 5.95 Å². The van der Waals surface area contributed by atoms with E-state index in [-0.39, 0.29) is 11.6 Å². The lowest BCUT2D eigenvalue weighted by molar-refractivity contribution is 0.0714. The van der Waals surface area contributed by atoms with E-state index in [9.17, 15) is 13.9 Å². The number of ether oxygens (including phenoxy) is 1. The highest BCUT2D eigenvalue weighted by atomic mass is 19.1. The van der Waals surface area contributed by atoms with E-state index < -0.39 is 17.2 Å². The molecule has 0 bridgehead atoms. The first kappa shape index (κ1) is 21.6. The summed E-state index contributed by atoms with van der Waals surface area (Å²) < 4.78 is 32.6. The molecule has 2 aromatic carbocycles. The molecule has 7 nitrogen and oxygen atoms in total. The van der Waals surface area contributed by atoms with Crippen molar-refractivity contribution < 1.29 is 18.6 Å². The van der Waals surface area contributed by atoms with E-state index in [4.69, 9.17) is 4.74 Å². The van der Waals surface area contributed by atoms with Crippen molar-refractivity contribution in [3.63, 3.8) is 0 Å². The Morgan fingerprint density at radius 1 is 1.16 bits per heavy atom. The van der Waals surface area contributed by atoms with Crippen molar-refractivity contribution in [3.05, 3.63) is 59.8 Å². The van der Waals surface area contributed by atoms with Crippen molar-refractivity contribution in [2.45, 2.75) is 32.3 Å². The van der Waals surface area contributed by atoms with Crippen molar-refractivity contribution in [1.29, 1.82) is 0 Å². The fourth-order valence-corrected chi connectivity index (χ4v) is 3.33. The van der Waals surface area contributed by atoms with Crippen LogP contribution in [0.4, 0.5) is 20.4 Å². The number of nitrogens with one attached hydrogen (secondary N) is 2. The molecule has 0 aliphatic rings. The maximum Gasteiger partial charge on any atom is 0.229 e. The molecule has 0 fully saturated rings. The van der Waals surface area contributed by atoms with Crippen LogP contribution in [0.5, 0.6) is 5.75 Å². The number of aliphatic hydroxyl groups is 1. The molecule has 0 saturated heterocycles. The van der Waals surface area contributed by atoms with Crippen LogP contribution in [0.3, 0.4) is 0 Å². The molecule has 4 aromatic rings. The Morgan fingerprint density at radius 2 is 1.97 bits per heavy atom. The summed E-state index contributed by atoms with van der Waals surface area (Å²) in [6.07, 6.45) is 2.88. The molecule has 0 amide bonds. The van der Waals surface area contributed by atoms with E-state index in [1.807, 2.05) is 18.2 Å². The number of H-pyrrole nitrogens is 1. The van der Waals surface area contributed by atoms with E-state index >= 15 is 0 Å². The fraction of sp³-hybridized carbons (Fsp3) is 0.261. The second-order valence-electron chi connectivity index (χ2n) is 8.12. The topological polar surface area (TPSA) is 96.0 Å². The van der Waals surface area contributed by atoms with Crippen molar-refractivity contribution in [2.75, 3.05) is 12.4 Å². The first-order chi connectivity index (χ1) is 15.2. The van der Waals surface area contributed by atoms with Crippen LogP contribution in [0.2, 0.25) is 0 Å². The summed E-state index contributed by atoms with van der Waals surface area (Å²) in [7, 11) is 1.58. The lowest BCUT2D eigenvalue weighted by atomic mass is 9.96. The maximum atomic E-state index is 13.9. The Bertz CT molecular complexity index is 1270. The third-order valence-electron chi connectivity index (χ3n) is 5.04. The minimum Gasteiger partial charge on any atom is -0.496 e. The van der Waals surface area contributed by atoms with E-state index in [1.54, 1.807) is 27.2 Å². The second-order valence-corrected chi connectivity index (χ2v) is 8.12. The van der Waals surface area contributed by atoms with Gasteiger partial charge in [0.25, 0.3) is 0 Å². The largest absolute Gasteiger partial charge is 0.496 e. The number of benzene rings is 2. The fourth-order valence-electron chi connectivity index (χ4n) is 3.33. The molecule has 9 heteroatoms. The summed E-state index contributed by atoms with van der Waals surface area (Å²) in [5, 5.41) is 20.7. The maximum absolute atomic E-state index is 13.9. The number of methoxy groups -OCH3 is 1. The Hall–Kier alpha value is -3.59. The number of hydrogen-bond acceptors (Lipinski definition) is 6. The monoisotopic (exact) mass is 439 g/mol. The van der Waals surface area contributed by atoms with Gasteiger partial charge in [-0.15, -0.1) is 0 Å². The van der Waals surface area contributed by atoms with Gasteiger partial charge in [0.15, 0.2) is 5.65 Å². The average molecular weight is 439 g/mol. The molecule has 3 N–H and O–H groups in total. The first-order valence-electron chi connectivity index (χ1n) is 10.1. The summed E-state index contributed by atoms with van der Waals surface area (Å²) in [4.78, 5) is 8.61. The van der Waals surface area contributed by atoms with Gasteiger partial charge in [-0.1, -0.05) is 6.07 Å². The van der Waals surface area contributed by atoms with Crippen LogP contribution in [0.15, 0.2) is 42.6 Å². The summed E-state index contributed by atoms with van der Waals surface area (Å²) >= 11 is 0. The number of aromatic amines is 1. The van der Waals surface area contributed by atoms with E-state index in [1.165, 1.54) is 6.07 Å². The predicted octanol–water partition coefficient (Wildman–Crippen LogP) is 4.75. The summed E-state index contributed by atoms with van der Waals surface area (Å²) in [5.74, 6) is -0.627. The molecule has 0 saturated carbocycles. The summed E-state index contributed by atoms with van der Waals surface area (Å²) in [5.41, 5.74) is 2.16. The minimum absolute atomic E-state index is 0.0617. The number of anilines is 2. The zero-order valence-electron chi connectivity index (χ0n) is 17.9. The van der Waals surface area contributed by atoms with Crippen molar-refractivity contribution >= 4 is 22.7 Å². The molecule has 0 radical (unpaired) electrons.